The van der Waals surface area contributed by atoms with Gasteiger partial charge >= 0.3 is 12.0 Å². The summed E-state index contributed by atoms with van der Waals surface area (Å²) in [6, 6.07) is 12.3. The van der Waals surface area contributed by atoms with Crippen LogP contribution >= 0.6 is 11.6 Å². The first-order valence-corrected chi connectivity index (χ1v) is 11.8. The molecule has 1 aliphatic heterocycles. The fourth-order valence-corrected chi connectivity index (χ4v) is 3.20. The molecule has 0 bridgehead atoms. The summed E-state index contributed by atoms with van der Waals surface area (Å²) in [5.41, 5.74) is 1.07. The molecule has 2 aromatic rings. The van der Waals surface area contributed by atoms with Crippen LogP contribution in [0.15, 0.2) is 82.4 Å². The van der Waals surface area contributed by atoms with E-state index < -0.39 is 17.8 Å². The molecule has 0 aliphatic carbocycles. The Balaban J connectivity index is 1.84. The molecule has 3 amide bonds. The van der Waals surface area contributed by atoms with Gasteiger partial charge in [0.2, 0.25) is 12.4 Å². The van der Waals surface area contributed by atoms with E-state index in [9.17, 15) is 18.8 Å². The number of carboxylic acids is 1. The van der Waals surface area contributed by atoms with Gasteiger partial charge in [-0.25, -0.2) is 19.2 Å². The summed E-state index contributed by atoms with van der Waals surface area (Å²) in [6.45, 7) is 0.0163. The van der Waals surface area contributed by atoms with Crippen LogP contribution in [-0.4, -0.2) is 59.1 Å². The van der Waals surface area contributed by atoms with Crippen LogP contribution in [0.25, 0.3) is 0 Å². The molecule has 12 heteroatoms. The van der Waals surface area contributed by atoms with E-state index in [1.807, 2.05) is 0 Å². The fraction of sp³-hybridized carbons (Fsp3) is 0.192. The first-order valence-electron chi connectivity index (χ1n) is 11.4. The average Bonchev–Trinajstić information content (AvgIpc) is 3.11. The van der Waals surface area contributed by atoms with Crippen molar-refractivity contribution in [1.82, 2.24) is 15.1 Å². The van der Waals surface area contributed by atoms with E-state index in [0.29, 0.717) is 22.9 Å². The van der Waals surface area contributed by atoms with Crippen LogP contribution in [0.5, 0.6) is 5.75 Å². The highest BCUT2D eigenvalue weighted by atomic mass is 35.5. The zero-order valence-electron chi connectivity index (χ0n) is 20.4. The maximum Gasteiger partial charge on any atom is 0.323 e. The number of allylic oxidation sites excluding steroid dienone is 3. The largest absolute Gasteiger partial charge is 0.481 e. The van der Waals surface area contributed by atoms with E-state index in [-0.39, 0.29) is 37.8 Å². The molecule has 0 radical (unpaired) electrons. The quantitative estimate of drug-likeness (QED) is 0.272. The van der Waals surface area contributed by atoms with Crippen molar-refractivity contribution >= 4 is 47.9 Å². The second kappa shape index (κ2) is 13.7. The third-order valence-corrected chi connectivity index (χ3v) is 5.37. The van der Waals surface area contributed by atoms with Gasteiger partial charge in [0.05, 0.1) is 18.7 Å². The normalized spacial score (nSPS) is 13.1. The molecule has 0 aromatic heterocycles. The number of carboxylic acid groups (broad SMARTS) is 1. The number of ether oxygens (including phenoxy) is 1. The second-order valence-electron chi connectivity index (χ2n) is 8.01. The van der Waals surface area contributed by atoms with Gasteiger partial charge in [0, 0.05) is 31.3 Å². The summed E-state index contributed by atoms with van der Waals surface area (Å²) >= 11 is 5.94. The van der Waals surface area contributed by atoms with Crippen LogP contribution in [0.3, 0.4) is 0 Å². The van der Waals surface area contributed by atoms with Crippen molar-refractivity contribution in [2.24, 2.45) is 9.98 Å². The molecule has 0 saturated carbocycles. The Labute approximate surface area is 223 Å². The predicted octanol–water partition coefficient (Wildman–Crippen LogP) is 4.65. The van der Waals surface area contributed by atoms with Crippen molar-refractivity contribution in [2.75, 3.05) is 13.6 Å². The van der Waals surface area contributed by atoms with Gasteiger partial charge in [-0.05, 0) is 48.0 Å². The van der Waals surface area contributed by atoms with E-state index >= 15 is 0 Å². The second-order valence-corrected chi connectivity index (χ2v) is 8.44. The standard InChI is InChI=1S/C26H25ClFN5O5/c1-32(15-13-23(35)36)26(37)31-25(33(17-34)16-18-5-7-19(27)8-6-18)30-20-9-11-21(12-10-20)38-24-22(28)4-2-3-14-29-24/h2-3,5-12,14,17H,4,13,15-16H2,1H3,(H,35,36)(H,30,31,37). The number of nitrogens with zero attached hydrogens (tertiary/aromatic N) is 4. The van der Waals surface area contributed by atoms with Crippen molar-refractivity contribution in [3.05, 3.63) is 83.0 Å². The average molecular weight is 542 g/mol. The molecule has 38 heavy (non-hydrogen) atoms. The van der Waals surface area contributed by atoms with E-state index in [4.69, 9.17) is 21.4 Å². The highest BCUT2D eigenvalue weighted by Crippen LogP contribution is 2.24. The number of nitrogens with one attached hydrogen (secondary N) is 1. The summed E-state index contributed by atoms with van der Waals surface area (Å²) in [4.78, 5) is 46.3. The molecular weight excluding hydrogens is 517 g/mol. The SMILES string of the molecule is CN(CCC(=O)O)C(=O)NC(=Nc1ccc(OC2=C(F)CC=CC=N2)cc1)N(C=O)Cc1ccc(Cl)cc1. The number of benzene rings is 2. The maximum atomic E-state index is 14.1. The number of rotatable bonds is 9. The summed E-state index contributed by atoms with van der Waals surface area (Å²) in [7, 11) is 1.42. The zero-order valence-corrected chi connectivity index (χ0v) is 21.1. The van der Waals surface area contributed by atoms with Crippen LogP contribution in [-0.2, 0) is 16.1 Å². The molecule has 3 rings (SSSR count). The minimum atomic E-state index is -1.06. The number of urea groups is 1. The molecular formula is C26H25ClFN5O5. The van der Waals surface area contributed by atoms with Crippen LogP contribution in [0, 0.1) is 0 Å². The van der Waals surface area contributed by atoms with E-state index in [1.165, 1.54) is 30.3 Å². The topological polar surface area (TPSA) is 124 Å². The Morgan fingerprint density at radius 3 is 2.58 bits per heavy atom. The van der Waals surface area contributed by atoms with Gasteiger partial charge in [-0.15, -0.1) is 0 Å². The van der Waals surface area contributed by atoms with Gasteiger partial charge in [0.15, 0.2) is 5.83 Å². The van der Waals surface area contributed by atoms with Gasteiger partial charge in [-0.1, -0.05) is 29.8 Å². The number of hydrogen-bond donors (Lipinski definition) is 2. The summed E-state index contributed by atoms with van der Waals surface area (Å²) in [5, 5.41) is 12.0. The molecule has 2 aromatic carbocycles. The number of carbonyl (C=O) groups excluding carboxylic acids is 2. The molecule has 10 nitrogen and oxygen atoms in total. The summed E-state index contributed by atoms with van der Waals surface area (Å²) in [5.74, 6) is -1.51. The van der Waals surface area contributed by atoms with Crippen LogP contribution in [0.1, 0.15) is 18.4 Å². The molecule has 0 fully saturated rings. The van der Waals surface area contributed by atoms with Crippen LogP contribution in [0.2, 0.25) is 5.02 Å². The van der Waals surface area contributed by atoms with Gasteiger partial charge in [0.1, 0.15) is 5.75 Å². The smallest absolute Gasteiger partial charge is 0.323 e. The summed E-state index contributed by atoms with van der Waals surface area (Å²) < 4.78 is 19.6. The number of halogens is 2. The van der Waals surface area contributed by atoms with Crippen molar-refractivity contribution in [1.29, 1.82) is 0 Å². The van der Waals surface area contributed by atoms with Gasteiger partial charge in [0.25, 0.3) is 5.88 Å². The van der Waals surface area contributed by atoms with E-state index in [1.54, 1.807) is 48.6 Å². The van der Waals surface area contributed by atoms with Gasteiger partial charge < -0.3 is 14.7 Å². The molecule has 0 atom stereocenters. The van der Waals surface area contributed by atoms with Crippen molar-refractivity contribution < 1.29 is 28.6 Å². The van der Waals surface area contributed by atoms with Crippen molar-refractivity contribution in [3.8, 4) is 5.75 Å². The zero-order chi connectivity index (χ0) is 27.5. The third-order valence-electron chi connectivity index (χ3n) is 5.12. The minimum Gasteiger partial charge on any atom is -0.481 e. The number of amides is 3. The Morgan fingerprint density at radius 2 is 1.92 bits per heavy atom. The van der Waals surface area contributed by atoms with Gasteiger partial charge in [-0.2, -0.15) is 0 Å². The Hall–Kier alpha value is -4.51. The first kappa shape index (κ1) is 28.1. The Bertz CT molecular complexity index is 1280. The van der Waals surface area contributed by atoms with E-state index in [2.05, 4.69) is 15.3 Å². The molecule has 1 heterocycles. The van der Waals surface area contributed by atoms with Crippen molar-refractivity contribution in [2.45, 2.75) is 19.4 Å². The highest BCUT2D eigenvalue weighted by molar-refractivity contribution is 6.30. The minimum absolute atomic E-state index is 0.0524. The lowest BCUT2D eigenvalue weighted by atomic mass is 10.2. The lowest BCUT2D eigenvalue weighted by Gasteiger charge is -2.23. The number of carbonyl (C=O) groups is 3. The predicted molar refractivity (Wildman–Crippen MR) is 141 cm³/mol. The molecule has 0 unspecified atom stereocenters. The molecule has 2 N–H and O–H groups in total. The molecule has 0 spiro atoms. The Kier molecular flexibility index (Phi) is 10.1. The monoisotopic (exact) mass is 541 g/mol. The third kappa shape index (κ3) is 8.56. The molecule has 1 aliphatic rings. The number of guanidine groups is 1. The first-order chi connectivity index (χ1) is 18.2. The number of aliphatic carboxylic acids is 1. The lowest BCUT2D eigenvalue weighted by Crippen LogP contribution is -2.48. The Morgan fingerprint density at radius 1 is 1.21 bits per heavy atom. The molecule has 198 valence electrons. The molecule has 0 saturated heterocycles. The van der Waals surface area contributed by atoms with Crippen LogP contribution < -0.4 is 10.1 Å². The van der Waals surface area contributed by atoms with Gasteiger partial charge in [-0.3, -0.25) is 19.8 Å². The number of hydrogen-bond acceptors (Lipinski definition) is 6. The lowest BCUT2D eigenvalue weighted by molar-refractivity contribution is -0.137. The number of aliphatic imine (C=N–C) groups is 2. The van der Waals surface area contributed by atoms with Crippen LogP contribution in [0.4, 0.5) is 14.9 Å². The highest BCUT2D eigenvalue weighted by Gasteiger charge is 2.18. The van der Waals surface area contributed by atoms with E-state index in [0.717, 1.165) is 10.5 Å². The maximum absolute atomic E-state index is 14.1. The van der Waals surface area contributed by atoms with Crippen molar-refractivity contribution in [3.63, 3.8) is 0 Å². The summed E-state index contributed by atoms with van der Waals surface area (Å²) in [6.07, 6.45) is 4.98. The fourth-order valence-electron chi connectivity index (χ4n) is 3.07.